The van der Waals surface area contributed by atoms with Crippen LogP contribution in [0.1, 0.15) is 5.82 Å². The van der Waals surface area contributed by atoms with Crippen molar-refractivity contribution in [3.63, 3.8) is 0 Å². The van der Waals surface area contributed by atoms with Gasteiger partial charge in [-0.1, -0.05) is 12.1 Å². The summed E-state index contributed by atoms with van der Waals surface area (Å²) in [6, 6.07) is 19.5. The van der Waals surface area contributed by atoms with Crippen molar-refractivity contribution in [3.05, 3.63) is 96.5 Å². The number of benzene rings is 3. The van der Waals surface area contributed by atoms with E-state index >= 15 is 0 Å². The lowest BCUT2D eigenvalue weighted by molar-refractivity contribution is 0.282. The van der Waals surface area contributed by atoms with Crippen LogP contribution in [0.2, 0.25) is 0 Å². The van der Waals surface area contributed by atoms with Crippen molar-refractivity contribution in [2.45, 2.75) is 6.61 Å². The van der Waals surface area contributed by atoms with E-state index in [9.17, 15) is 8.78 Å². The van der Waals surface area contributed by atoms with Crippen LogP contribution in [0.25, 0.3) is 11.3 Å². The molecule has 0 aliphatic rings. The van der Waals surface area contributed by atoms with Crippen molar-refractivity contribution < 1.29 is 18.3 Å². The second-order valence-electron chi connectivity index (χ2n) is 6.04. The average molecular weight is 378 g/mol. The Labute approximate surface area is 160 Å². The summed E-state index contributed by atoms with van der Waals surface area (Å²) in [7, 11) is 0. The van der Waals surface area contributed by atoms with Gasteiger partial charge < -0.3 is 14.5 Å². The fourth-order valence-electron chi connectivity index (χ4n) is 2.63. The van der Waals surface area contributed by atoms with Gasteiger partial charge in [-0.3, -0.25) is 0 Å². The van der Waals surface area contributed by atoms with Gasteiger partial charge >= 0.3 is 0 Å². The van der Waals surface area contributed by atoms with E-state index in [4.69, 9.17) is 9.47 Å². The minimum Gasteiger partial charge on any atom is -0.483 e. The highest BCUT2D eigenvalue weighted by atomic mass is 19.1. The standard InChI is InChI=1S/C22H16F2N2O2/c23-16-7-11-18(12-8-16)28-17-9-5-15(6-10-17)20-13-25-22(26-20)14-27-21-4-2-1-3-19(21)24/h1-13H,14H2,(H,25,26). The topological polar surface area (TPSA) is 47.1 Å². The van der Waals surface area contributed by atoms with Crippen LogP contribution >= 0.6 is 0 Å². The number of rotatable bonds is 6. The lowest BCUT2D eigenvalue weighted by Crippen LogP contribution is -1.99. The van der Waals surface area contributed by atoms with E-state index in [1.54, 1.807) is 36.5 Å². The molecule has 0 unspecified atom stereocenters. The molecule has 0 amide bonds. The number of para-hydroxylation sites is 1. The fourth-order valence-corrected chi connectivity index (χ4v) is 2.63. The molecule has 0 aliphatic heterocycles. The number of halogens is 2. The Morgan fingerprint density at radius 1 is 0.821 bits per heavy atom. The van der Waals surface area contributed by atoms with Crippen LogP contribution in [0, 0.1) is 11.6 Å². The van der Waals surface area contributed by atoms with Crippen LogP contribution in [0.15, 0.2) is 79.0 Å². The summed E-state index contributed by atoms with van der Waals surface area (Å²) < 4.78 is 37.7. The zero-order valence-electron chi connectivity index (χ0n) is 14.7. The molecule has 1 aromatic heterocycles. The number of ether oxygens (including phenoxy) is 2. The lowest BCUT2D eigenvalue weighted by Gasteiger charge is -2.06. The molecule has 0 saturated carbocycles. The highest BCUT2D eigenvalue weighted by molar-refractivity contribution is 5.59. The maximum Gasteiger partial charge on any atom is 0.165 e. The summed E-state index contributed by atoms with van der Waals surface area (Å²) in [5.41, 5.74) is 1.72. The molecule has 28 heavy (non-hydrogen) atoms. The number of aromatic nitrogens is 2. The Kier molecular flexibility index (Phi) is 5.01. The van der Waals surface area contributed by atoms with E-state index in [2.05, 4.69) is 9.97 Å². The van der Waals surface area contributed by atoms with Gasteiger partial charge in [-0.25, -0.2) is 13.8 Å². The Bertz CT molecular complexity index is 1060. The van der Waals surface area contributed by atoms with Gasteiger partial charge in [-0.15, -0.1) is 0 Å². The summed E-state index contributed by atoms with van der Waals surface area (Å²) in [6.45, 7) is 0.132. The molecule has 4 nitrogen and oxygen atoms in total. The molecule has 0 fully saturated rings. The van der Waals surface area contributed by atoms with Crippen LogP contribution in [0.4, 0.5) is 8.78 Å². The third-order valence-electron chi connectivity index (χ3n) is 4.04. The SMILES string of the molecule is Fc1ccc(Oc2ccc(-c3cnc(COc4ccccc4F)[nH]3)cc2)cc1. The van der Waals surface area contributed by atoms with Gasteiger partial charge in [0, 0.05) is 0 Å². The average Bonchev–Trinajstić information content (AvgIpc) is 3.19. The van der Waals surface area contributed by atoms with Gasteiger partial charge in [0.15, 0.2) is 11.6 Å². The van der Waals surface area contributed by atoms with Crippen molar-refractivity contribution in [1.29, 1.82) is 0 Å². The minimum atomic E-state index is -0.411. The normalized spacial score (nSPS) is 10.6. The van der Waals surface area contributed by atoms with Crippen LogP contribution in [-0.4, -0.2) is 9.97 Å². The highest BCUT2D eigenvalue weighted by Gasteiger charge is 2.07. The summed E-state index contributed by atoms with van der Waals surface area (Å²) in [5, 5.41) is 0. The number of hydrogen-bond donors (Lipinski definition) is 1. The first-order valence-electron chi connectivity index (χ1n) is 8.62. The highest BCUT2D eigenvalue weighted by Crippen LogP contribution is 2.25. The fraction of sp³-hybridized carbons (Fsp3) is 0.0455. The van der Waals surface area contributed by atoms with E-state index in [0.717, 1.165) is 11.3 Å². The van der Waals surface area contributed by atoms with Crippen LogP contribution < -0.4 is 9.47 Å². The van der Waals surface area contributed by atoms with Crippen LogP contribution in [0.5, 0.6) is 17.2 Å². The number of nitrogens with one attached hydrogen (secondary N) is 1. The van der Waals surface area contributed by atoms with E-state index < -0.39 is 5.82 Å². The Hall–Kier alpha value is -3.67. The number of hydrogen-bond acceptors (Lipinski definition) is 3. The van der Waals surface area contributed by atoms with Gasteiger partial charge in [0.05, 0.1) is 11.9 Å². The lowest BCUT2D eigenvalue weighted by atomic mass is 10.1. The first kappa shape index (κ1) is 17.7. The molecule has 140 valence electrons. The van der Waals surface area contributed by atoms with Crippen molar-refractivity contribution in [1.82, 2.24) is 9.97 Å². The molecule has 1 N–H and O–H groups in total. The minimum absolute atomic E-state index is 0.132. The Balaban J connectivity index is 1.40. The molecule has 0 radical (unpaired) electrons. The summed E-state index contributed by atoms with van der Waals surface area (Å²) in [5.74, 6) is 1.25. The first-order valence-corrected chi connectivity index (χ1v) is 8.62. The van der Waals surface area contributed by atoms with Crippen molar-refractivity contribution in [3.8, 4) is 28.5 Å². The monoisotopic (exact) mass is 378 g/mol. The zero-order chi connectivity index (χ0) is 19.3. The molecule has 0 spiro atoms. The number of H-pyrrole nitrogens is 1. The van der Waals surface area contributed by atoms with Gasteiger partial charge in [-0.05, 0) is 66.2 Å². The molecule has 4 rings (SSSR count). The van der Waals surface area contributed by atoms with E-state index in [1.165, 1.54) is 18.2 Å². The van der Waals surface area contributed by atoms with E-state index in [1.807, 2.05) is 24.3 Å². The van der Waals surface area contributed by atoms with Crippen molar-refractivity contribution in [2.75, 3.05) is 0 Å². The largest absolute Gasteiger partial charge is 0.483 e. The molecular weight excluding hydrogens is 362 g/mol. The van der Waals surface area contributed by atoms with Gasteiger partial charge in [0.1, 0.15) is 29.7 Å². The maximum absolute atomic E-state index is 13.6. The second-order valence-corrected chi connectivity index (χ2v) is 6.04. The Morgan fingerprint density at radius 2 is 1.50 bits per heavy atom. The number of aromatic amines is 1. The molecule has 4 aromatic rings. The molecule has 0 aliphatic carbocycles. The number of nitrogens with zero attached hydrogens (tertiary/aromatic N) is 1. The predicted octanol–water partition coefficient (Wildman–Crippen LogP) is 5.73. The molecule has 0 bridgehead atoms. The van der Waals surface area contributed by atoms with E-state index in [0.29, 0.717) is 17.3 Å². The van der Waals surface area contributed by atoms with Gasteiger partial charge in [-0.2, -0.15) is 0 Å². The van der Waals surface area contributed by atoms with Gasteiger partial charge in [0.25, 0.3) is 0 Å². The third kappa shape index (κ3) is 4.17. The number of imidazole rings is 1. The van der Waals surface area contributed by atoms with Crippen LogP contribution in [-0.2, 0) is 6.61 Å². The van der Waals surface area contributed by atoms with E-state index in [-0.39, 0.29) is 18.2 Å². The molecule has 0 atom stereocenters. The summed E-state index contributed by atoms with van der Waals surface area (Å²) in [6.07, 6.45) is 1.69. The van der Waals surface area contributed by atoms with Crippen LogP contribution in [0.3, 0.4) is 0 Å². The summed E-state index contributed by atoms with van der Waals surface area (Å²) >= 11 is 0. The van der Waals surface area contributed by atoms with Crippen molar-refractivity contribution in [2.24, 2.45) is 0 Å². The Morgan fingerprint density at radius 3 is 2.21 bits per heavy atom. The maximum atomic E-state index is 13.6. The quantitative estimate of drug-likeness (QED) is 0.466. The smallest absolute Gasteiger partial charge is 0.165 e. The first-order chi connectivity index (χ1) is 13.7. The molecular formula is C22H16F2N2O2. The third-order valence-corrected chi connectivity index (χ3v) is 4.04. The predicted molar refractivity (Wildman–Crippen MR) is 101 cm³/mol. The molecule has 3 aromatic carbocycles. The van der Waals surface area contributed by atoms with Gasteiger partial charge in [0.2, 0.25) is 0 Å². The van der Waals surface area contributed by atoms with Crippen molar-refractivity contribution >= 4 is 0 Å². The summed E-state index contributed by atoms with van der Waals surface area (Å²) in [4.78, 5) is 7.42. The molecule has 1 heterocycles. The second kappa shape index (κ2) is 7.92. The molecule has 0 saturated heterocycles. The zero-order valence-corrected chi connectivity index (χ0v) is 14.7. The molecule has 6 heteroatoms.